The van der Waals surface area contributed by atoms with E-state index in [9.17, 15) is 9.59 Å². The summed E-state index contributed by atoms with van der Waals surface area (Å²) in [7, 11) is 0. The van der Waals surface area contributed by atoms with Crippen molar-refractivity contribution in [3.05, 3.63) is 45.3 Å². The van der Waals surface area contributed by atoms with Gasteiger partial charge in [-0.25, -0.2) is 4.79 Å². The monoisotopic (exact) mass is 363 g/mol. The van der Waals surface area contributed by atoms with Gasteiger partial charge >= 0.3 is 6.03 Å². The summed E-state index contributed by atoms with van der Waals surface area (Å²) in [5, 5.41) is 6.60. The number of carbonyl (C=O) groups excluding carboxylic acids is 2. The van der Waals surface area contributed by atoms with Gasteiger partial charge in [0, 0.05) is 15.6 Å². The van der Waals surface area contributed by atoms with Crippen molar-refractivity contribution in [3.8, 4) is 0 Å². The lowest BCUT2D eigenvalue weighted by molar-refractivity contribution is 0.100. The molecule has 1 aliphatic carbocycles. The Balaban J connectivity index is 1.80. The van der Waals surface area contributed by atoms with Gasteiger partial charge in [-0.1, -0.05) is 18.5 Å². The SMILES string of the molecule is C[C@@H]1CCc2c(sc(NC(=O)Nc3ccc(Cl)cc3)c2C(N)=O)C1. The highest BCUT2D eigenvalue weighted by Gasteiger charge is 2.27. The molecule has 0 fully saturated rings. The number of benzene rings is 1. The third-order valence-corrected chi connectivity index (χ3v) is 5.51. The van der Waals surface area contributed by atoms with Crippen LogP contribution in [0.5, 0.6) is 0 Å². The van der Waals surface area contributed by atoms with Gasteiger partial charge in [-0.3, -0.25) is 10.1 Å². The molecule has 1 aliphatic rings. The molecule has 1 heterocycles. The molecule has 4 N–H and O–H groups in total. The van der Waals surface area contributed by atoms with E-state index in [1.807, 2.05) is 0 Å². The normalized spacial score (nSPS) is 16.3. The molecular weight excluding hydrogens is 346 g/mol. The molecule has 3 rings (SSSR count). The zero-order chi connectivity index (χ0) is 17.3. The number of fused-ring (bicyclic) bond motifs is 1. The Kier molecular flexibility index (Phi) is 4.78. The Hall–Kier alpha value is -2.05. The Morgan fingerprint density at radius 2 is 1.96 bits per heavy atom. The number of anilines is 2. The number of primary amides is 1. The molecule has 5 nitrogen and oxygen atoms in total. The Morgan fingerprint density at radius 1 is 1.25 bits per heavy atom. The van der Waals surface area contributed by atoms with E-state index in [0.717, 1.165) is 29.7 Å². The van der Waals surface area contributed by atoms with Gasteiger partial charge in [0.15, 0.2) is 0 Å². The van der Waals surface area contributed by atoms with Crippen LogP contribution in [-0.4, -0.2) is 11.9 Å². The molecule has 1 atom stereocenters. The molecule has 0 spiro atoms. The maximum atomic E-state index is 12.2. The zero-order valence-electron chi connectivity index (χ0n) is 13.2. The minimum absolute atomic E-state index is 0.411. The van der Waals surface area contributed by atoms with Crippen molar-refractivity contribution in [3.63, 3.8) is 0 Å². The van der Waals surface area contributed by atoms with Gasteiger partial charge in [0.1, 0.15) is 5.00 Å². The van der Waals surface area contributed by atoms with Gasteiger partial charge in [0.25, 0.3) is 5.91 Å². The van der Waals surface area contributed by atoms with Crippen molar-refractivity contribution >= 4 is 45.6 Å². The molecule has 3 amide bonds. The predicted octanol–water partition coefficient (Wildman–Crippen LogP) is 4.27. The first-order chi connectivity index (χ1) is 11.4. The zero-order valence-corrected chi connectivity index (χ0v) is 14.8. The molecule has 0 saturated carbocycles. The lowest BCUT2D eigenvalue weighted by Crippen LogP contribution is -2.22. The van der Waals surface area contributed by atoms with Crippen LogP contribution in [0.2, 0.25) is 5.02 Å². The van der Waals surface area contributed by atoms with Crippen molar-refractivity contribution in [2.24, 2.45) is 11.7 Å². The van der Waals surface area contributed by atoms with Crippen molar-refractivity contribution < 1.29 is 9.59 Å². The van der Waals surface area contributed by atoms with Crippen molar-refractivity contribution in [2.45, 2.75) is 26.2 Å². The van der Waals surface area contributed by atoms with Crippen LogP contribution in [0.4, 0.5) is 15.5 Å². The van der Waals surface area contributed by atoms with Crippen molar-refractivity contribution in [1.82, 2.24) is 0 Å². The fourth-order valence-corrected chi connectivity index (χ4v) is 4.44. The molecule has 0 radical (unpaired) electrons. The van der Waals surface area contributed by atoms with E-state index in [1.54, 1.807) is 24.3 Å². The Morgan fingerprint density at radius 3 is 2.62 bits per heavy atom. The van der Waals surface area contributed by atoms with Crippen molar-refractivity contribution in [2.75, 3.05) is 10.6 Å². The molecular formula is C17H18ClN3O2S. The summed E-state index contributed by atoms with van der Waals surface area (Å²) in [6, 6.07) is 6.39. The lowest BCUT2D eigenvalue weighted by Gasteiger charge is -2.18. The average Bonchev–Trinajstić information content (AvgIpc) is 2.86. The highest BCUT2D eigenvalue weighted by molar-refractivity contribution is 7.17. The fourth-order valence-electron chi connectivity index (χ4n) is 2.90. The van der Waals surface area contributed by atoms with E-state index < -0.39 is 11.9 Å². The Bertz CT molecular complexity index is 786. The first-order valence-electron chi connectivity index (χ1n) is 7.72. The third kappa shape index (κ3) is 3.55. The van der Waals surface area contributed by atoms with E-state index in [0.29, 0.717) is 27.2 Å². The summed E-state index contributed by atoms with van der Waals surface area (Å²) in [5.41, 5.74) is 7.61. The number of rotatable bonds is 3. The van der Waals surface area contributed by atoms with Gasteiger partial charge in [-0.05, 0) is 55.0 Å². The van der Waals surface area contributed by atoms with E-state index >= 15 is 0 Å². The minimum atomic E-state index is -0.496. The lowest BCUT2D eigenvalue weighted by atomic mass is 9.88. The molecule has 1 aromatic carbocycles. The number of carbonyl (C=O) groups is 2. The molecule has 2 aromatic rings. The van der Waals surface area contributed by atoms with Gasteiger partial charge in [0.05, 0.1) is 5.56 Å². The van der Waals surface area contributed by atoms with Crippen LogP contribution in [0.25, 0.3) is 0 Å². The van der Waals surface area contributed by atoms with Crippen LogP contribution < -0.4 is 16.4 Å². The molecule has 1 aromatic heterocycles. The van der Waals surface area contributed by atoms with E-state index in [-0.39, 0.29) is 0 Å². The van der Waals surface area contributed by atoms with E-state index in [4.69, 9.17) is 17.3 Å². The van der Waals surface area contributed by atoms with Gasteiger partial charge in [0.2, 0.25) is 0 Å². The average molecular weight is 364 g/mol. The summed E-state index contributed by atoms with van der Waals surface area (Å²) in [4.78, 5) is 25.2. The van der Waals surface area contributed by atoms with Gasteiger partial charge in [-0.2, -0.15) is 0 Å². The number of nitrogens with one attached hydrogen (secondary N) is 2. The summed E-state index contributed by atoms with van der Waals surface area (Å²) >= 11 is 7.27. The number of halogens is 1. The third-order valence-electron chi connectivity index (χ3n) is 4.09. The number of amides is 3. The summed E-state index contributed by atoms with van der Waals surface area (Å²) in [5.74, 6) is 0.0801. The summed E-state index contributed by atoms with van der Waals surface area (Å²) in [6.45, 7) is 2.19. The smallest absolute Gasteiger partial charge is 0.324 e. The summed E-state index contributed by atoms with van der Waals surface area (Å²) in [6.07, 6.45) is 2.77. The predicted molar refractivity (Wildman–Crippen MR) is 98.1 cm³/mol. The van der Waals surface area contributed by atoms with Crippen LogP contribution in [0.3, 0.4) is 0 Å². The molecule has 7 heteroatoms. The molecule has 24 heavy (non-hydrogen) atoms. The quantitative estimate of drug-likeness (QED) is 0.760. The van der Waals surface area contributed by atoms with Gasteiger partial charge in [-0.15, -0.1) is 11.3 Å². The second-order valence-electron chi connectivity index (χ2n) is 6.01. The molecule has 0 unspecified atom stereocenters. The largest absolute Gasteiger partial charge is 0.365 e. The molecule has 0 bridgehead atoms. The second kappa shape index (κ2) is 6.83. The molecule has 126 valence electrons. The number of nitrogens with two attached hydrogens (primary N) is 1. The number of hydrogen-bond acceptors (Lipinski definition) is 3. The number of urea groups is 1. The van der Waals surface area contributed by atoms with Gasteiger partial charge < -0.3 is 11.1 Å². The van der Waals surface area contributed by atoms with Crippen LogP contribution in [-0.2, 0) is 12.8 Å². The fraction of sp³-hybridized carbons (Fsp3) is 0.294. The number of hydrogen-bond donors (Lipinski definition) is 3. The maximum absolute atomic E-state index is 12.2. The maximum Gasteiger partial charge on any atom is 0.324 e. The first-order valence-corrected chi connectivity index (χ1v) is 8.91. The van der Waals surface area contributed by atoms with Crippen LogP contribution in [0, 0.1) is 5.92 Å². The van der Waals surface area contributed by atoms with Crippen molar-refractivity contribution in [1.29, 1.82) is 0 Å². The summed E-state index contributed by atoms with van der Waals surface area (Å²) < 4.78 is 0. The van der Waals surface area contributed by atoms with Crippen LogP contribution in [0.15, 0.2) is 24.3 Å². The highest BCUT2D eigenvalue weighted by Crippen LogP contribution is 2.39. The minimum Gasteiger partial charge on any atom is -0.365 e. The van der Waals surface area contributed by atoms with Crippen LogP contribution >= 0.6 is 22.9 Å². The standard InChI is InChI=1S/C17H18ClN3O2S/c1-9-2-7-12-13(8-9)24-16(14(12)15(19)22)21-17(23)20-11-5-3-10(18)4-6-11/h3-6,9H,2,7-8H2,1H3,(H2,19,22)(H2,20,21,23)/t9-/m1/s1. The molecule has 0 saturated heterocycles. The van der Waals surface area contributed by atoms with E-state index in [2.05, 4.69) is 17.6 Å². The first kappa shape index (κ1) is 16.8. The second-order valence-corrected chi connectivity index (χ2v) is 7.55. The number of thiophene rings is 1. The highest BCUT2D eigenvalue weighted by atomic mass is 35.5. The topological polar surface area (TPSA) is 84.2 Å². The van der Waals surface area contributed by atoms with Crippen LogP contribution in [0.1, 0.15) is 34.1 Å². The molecule has 0 aliphatic heterocycles. The Labute approximate surface area is 149 Å². The van der Waals surface area contributed by atoms with E-state index in [1.165, 1.54) is 11.3 Å².